The second-order valence-electron chi connectivity index (χ2n) is 5.36. The molecule has 23 heavy (non-hydrogen) atoms. The van der Waals surface area contributed by atoms with Crippen LogP contribution in [0.5, 0.6) is 0 Å². The number of thiophene rings is 1. The van der Waals surface area contributed by atoms with Gasteiger partial charge in [0, 0.05) is 32.9 Å². The van der Waals surface area contributed by atoms with Crippen LogP contribution in [0.2, 0.25) is 0 Å². The van der Waals surface area contributed by atoms with Crippen molar-refractivity contribution in [2.45, 2.75) is 11.4 Å². The van der Waals surface area contributed by atoms with E-state index in [1.54, 1.807) is 23.5 Å². The topological polar surface area (TPSA) is 62.7 Å². The first-order chi connectivity index (χ1) is 11.1. The fourth-order valence-electron chi connectivity index (χ4n) is 2.42. The number of hydrogen-bond donors (Lipinski definition) is 0. The predicted molar refractivity (Wildman–Crippen MR) is 90.2 cm³/mol. The first-order valence-electron chi connectivity index (χ1n) is 7.33. The maximum atomic E-state index is 12.5. The summed E-state index contributed by atoms with van der Waals surface area (Å²) in [7, 11) is -1.54. The third-order valence-electron chi connectivity index (χ3n) is 3.72. The van der Waals surface area contributed by atoms with Crippen molar-refractivity contribution in [3.8, 4) is 0 Å². The summed E-state index contributed by atoms with van der Waals surface area (Å²) in [6.45, 7) is 2.40. The third kappa shape index (κ3) is 3.72. The number of hydrogen-bond acceptors (Lipinski definition) is 6. The van der Waals surface area contributed by atoms with E-state index in [-0.39, 0.29) is 4.90 Å². The quantitative estimate of drug-likeness (QED) is 0.820. The van der Waals surface area contributed by atoms with Crippen LogP contribution in [0.25, 0.3) is 0 Å². The zero-order valence-electron chi connectivity index (χ0n) is 12.9. The molecule has 0 saturated carbocycles. The molecule has 124 valence electrons. The molecule has 8 heteroatoms. The highest BCUT2D eigenvalue weighted by Gasteiger charge is 2.26. The van der Waals surface area contributed by atoms with Crippen molar-refractivity contribution in [2.24, 2.45) is 0 Å². The number of pyridine rings is 1. The van der Waals surface area contributed by atoms with Gasteiger partial charge in [0.15, 0.2) is 0 Å². The van der Waals surface area contributed by atoms with E-state index >= 15 is 0 Å². The minimum absolute atomic E-state index is 0.229. The Hall–Kier alpha value is -1.48. The maximum Gasteiger partial charge on any atom is 0.244 e. The highest BCUT2D eigenvalue weighted by Crippen LogP contribution is 2.20. The summed E-state index contributed by atoms with van der Waals surface area (Å²) in [5, 5.41) is 4.13. The first-order valence-corrected chi connectivity index (χ1v) is 9.72. The SMILES string of the molecule is CN(Cc1ccsc1)c1ccc(S(=O)(=O)N2CCOCC2)cn1. The minimum Gasteiger partial charge on any atom is -0.379 e. The van der Waals surface area contributed by atoms with E-state index in [9.17, 15) is 8.42 Å². The zero-order chi connectivity index (χ0) is 16.3. The molecule has 3 heterocycles. The predicted octanol–water partition coefficient (Wildman–Crippen LogP) is 1.80. The van der Waals surface area contributed by atoms with Crippen LogP contribution in [0, 0.1) is 0 Å². The summed E-state index contributed by atoms with van der Waals surface area (Å²) < 4.78 is 31.7. The molecule has 0 N–H and O–H groups in total. The Bertz CT molecular complexity index is 724. The third-order valence-corrected chi connectivity index (χ3v) is 6.33. The zero-order valence-corrected chi connectivity index (χ0v) is 14.5. The van der Waals surface area contributed by atoms with Crippen LogP contribution in [0.4, 0.5) is 5.82 Å². The van der Waals surface area contributed by atoms with Crippen LogP contribution in [0.3, 0.4) is 0 Å². The smallest absolute Gasteiger partial charge is 0.244 e. The van der Waals surface area contributed by atoms with E-state index in [1.807, 2.05) is 17.3 Å². The average molecular weight is 353 g/mol. The summed E-state index contributed by atoms with van der Waals surface area (Å²) >= 11 is 1.66. The second-order valence-corrected chi connectivity index (χ2v) is 8.07. The molecule has 1 saturated heterocycles. The molecule has 3 rings (SSSR count). The lowest BCUT2D eigenvalue weighted by molar-refractivity contribution is 0.0730. The highest BCUT2D eigenvalue weighted by atomic mass is 32.2. The van der Waals surface area contributed by atoms with Gasteiger partial charge < -0.3 is 9.64 Å². The van der Waals surface area contributed by atoms with Crippen LogP contribution < -0.4 is 4.90 Å². The van der Waals surface area contributed by atoms with Gasteiger partial charge in [-0.25, -0.2) is 13.4 Å². The highest BCUT2D eigenvalue weighted by molar-refractivity contribution is 7.89. The van der Waals surface area contributed by atoms with E-state index in [0.29, 0.717) is 26.3 Å². The number of aromatic nitrogens is 1. The summed E-state index contributed by atoms with van der Waals surface area (Å²) in [6, 6.07) is 5.44. The van der Waals surface area contributed by atoms with Gasteiger partial charge in [0.05, 0.1) is 13.2 Å². The summed E-state index contributed by atoms with van der Waals surface area (Å²) in [6.07, 6.45) is 1.43. The van der Waals surface area contributed by atoms with Gasteiger partial charge in [0.2, 0.25) is 10.0 Å². The van der Waals surface area contributed by atoms with Crippen molar-refractivity contribution in [1.29, 1.82) is 0 Å². The minimum atomic E-state index is -3.48. The van der Waals surface area contributed by atoms with Crippen LogP contribution in [0.15, 0.2) is 40.1 Å². The number of ether oxygens (including phenoxy) is 1. The summed E-state index contributed by atoms with van der Waals surface area (Å²) in [5.41, 5.74) is 1.21. The molecule has 1 aliphatic rings. The molecule has 2 aromatic rings. The fraction of sp³-hybridized carbons (Fsp3) is 0.400. The van der Waals surface area contributed by atoms with Crippen molar-refractivity contribution in [2.75, 3.05) is 38.3 Å². The van der Waals surface area contributed by atoms with Gasteiger partial charge in [0.1, 0.15) is 10.7 Å². The first kappa shape index (κ1) is 16.4. The molecule has 1 fully saturated rings. The molecule has 2 aromatic heterocycles. The summed E-state index contributed by atoms with van der Waals surface area (Å²) in [5.74, 6) is 0.747. The molecular weight excluding hydrogens is 334 g/mol. The van der Waals surface area contributed by atoms with E-state index in [0.717, 1.165) is 12.4 Å². The normalized spacial score (nSPS) is 16.4. The Kier molecular flexibility index (Phi) is 4.96. The molecule has 0 unspecified atom stereocenters. The Morgan fingerprint density at radius 1 is 1.30 bits per heavy atom. The maximum absolute atomic E-state index is 12.5. The van der Waals surface area contributed by atoms with Crippen LogP contribution >= 0.6 is 11.3 Å². The lowest BCUT2D eigenvalue weighted by Gasteiger charge is -2.26. The van der Waals surface area contributed by atoms with Crippen LogP contribution in [0.1, 0.15) is 5.56 Å². The molecule has 0 bridgehead atoms. The van der Waals surface area contributed by atoms with Gasteiger partial charge in [-0.15, -0.1) is 0 Å². The average Bonchev–Trinajstić information content (AvgIpc) is 3.09. The molecule has 0 amide bonds. The number of morpholine rings is 1. The Labute approximate surface area is 140 Å². The van der Waals surface area contributed by atoms with E-state index in [4.69, 9.17) is 4.74 Å². The molecule has 0 spiro atoms. The van der Waals surface area contributed by atoms with Crippen LogP contribution in [-0.4, -0.2) is 51.1 Å². The second kappa shape index (κ2) is 6.96. The molecule has 0 radical (unpaired) electrons. The van der Waals surface area contributed by atoms with Gasteiger partial charge in [-0.05, 0) is 34.5 Å². The van der Waals surface area contributed by atoms with Crippen molar-refractivity contribution in [3.63, 3.8) is 0 Å². The van der Waals surface area contributed by atoms with E-state index in [1.165, 1.54) is 16.1 Å². The Morgan fingerprint density at radius 2 is 2.09 bits per heavy atom. The number of anilines is 1. The number of rotatable bonds is 5. The number of sulfonamides is 1. The molecule has 0 atom stereocenters. The van der Waals surface area contributed by atoms with Gasteiger partial charge in [0.25, 0.3) is 0 Å². The Morgan fingerprint density at radius 3 is 2.70 bits per heavy atom. The molecule has 0 aliphatic carbocycles. The van der Waals surface area contributed by atoms with Crippen molar-refractivity contribution < 1.29 is 13.2 Å². The lowest BCUT2D eigenvalue weighted by Crippen LogP contribution is -2.40. The molecule has 1 aliphatic heterocycles. The van der Waals surface area contributed by atoms with Crippen LogP contribution in [-0.2, 0) is 21.3 Å². The monoisotopic (exact) mass is 353 g/mol. The Balaban J connectivity index is 1.73. The largest absolute Gasteiger partial charge is 0.379 e. The molecule has 6 nitrogen and oxygen atoms in total. The van der Waals surface area contributed by atoms with Crippen molar-refractivity contribution >= 4 is 27.2 Å². The van der Waals surface area contributed by atoms with E-state index in [2.05, 4.69) is 16.4 Å². The number of nitrogens with zero attached hydrogens (tertiary/aromatic N) is 3. The van der Waals surface area contributed by atoms with Gasteiger partial charge in [-0.1, -0.05) is 0 Å². The van der Waals surface area contributed by atoms with E-state index < -0.39 is 10.0 Å². The van der Waals surface area contributed by atoms with Crippen molar-refractivity contribution in [1.82, 2.24) is 9.29 Å². The molecule has 0 aromatic carbocycles. The van der Waals surface area contributed by atoms with Gasteiger partial charge in [-0.2, -0.15) is 15.6 Å². The lowest BCUT2D eigenvalue weighted by atomic mass is 10.3. The fourth-order valence-corrected chi connectivity index (χ4v) is 4.44. The van der Waals surface area contributed by atoms with Gasteiger partial charge >= 0.3 is 0 Å². The van der Waals surface area contributed by atoms with Crippen molar-refractivity contribution in [3.05, 3.63) is 40.7 Å². The standard InChI is InChI=1S/C15H19N3O3S2/c1-17(11-13-4-9-22-12-13)15-3-2-14(10-16-15)23(19,20)18-5-7-21-8-6-18/h2-4,9-10,12H,5-8,11H2,1H3. The van der Waals surface area contributed by atoms with Gasteiger partial charge in [-0.3, -0.25) is 0 Å². The molecular formula is C15H19N3O3S2. The summed E-state index contributed by atoms with van der Waals surface area (Å²) in [4.78, 5) is 6.53.